The lowest BCUT2D eigenvalue weighted by Crippen LogP contribution is -1.85. The normalized spacial score (nSPS) is 14.1. The molecule has 0 aliphatic heterocycles. The molecule has 2 nitrogen and oxygen atoms in total. The molecule has 1 aliphatic carbocycles. The van der Waals surface area contributed by atoms with E-state index >= 15 is 0 Å². The van der Waals surface area contributed by atoms with Crippen molar-refractivity contribution in [3.8, 4) is 0 Å². The highest BCUT2D eigenvalue weighted by molar-refractivity contribution is 6.31. The molecule has 0 amide bonds. The SMILES string of the molecule is C1CCCCC1.C=O.Clc1ccc2[nH]ccc2c1. The average molecular weight is 266 g/mol. The van der Waals surface area contributed by atoms with Crippen molar-refractivity contribution in [1.29, 1.82) is 0 Å². The van der Waals surface area contributed by atoms with Gasteiger partial charge in [-0.3, -0.25) is 0 Å². The molecule has 98 valence electrons. The van der Waals surface area contributed by atoms with Crippen LogP contribution >= 0.6 is 11.6 Å². The van der Waals surface area contributed by atoms with Gasteiger partial charge in [-0.05, 0) is 24.3 Å². The monoisotopic (exact) mass is 265 g/mol. The first-order valence-electron chi connectivity index (χ1n) is 6.38. The number of fused-ring (bicyclic) bond motifs is 1. The smallest absolute Gasteiger partial charge is 0.106 e. The maximum absolute atomic E-state index is 8.00. The Morgan fingerprint density at radius 3 is 2.06 bits per heavy atom. The molecule has 0 spiro atoms. The maximum atomic E-state index is 8.00. The second kappa shape index (κ2) is 8.76. The van der Waals surface area contributed by atoms with Crippen molar-refractivity contribution in [3.63, 3.8) is 0 Å². The molecule has 1 aliphatic rings. The molecule has 0 atom stereocenters. The van der Waals surface area contributed by atoms with Crippen molar-refractivity contribution in [2.24, 2.45) is 0 Å². The van der Waals surface area contributed by atoms with Crippen LogP contribution in [0.3, 0.4) is 0 Å². The summed E-state index contributed by atoms with van der Waals surface area (Å²) in [5.74, 6) is 0. The molecule has 1 heterocycles. The number of H-pyrrole nitrogens is 1. The van der Waals surface area contributed by atoms with Gasteiger partial charge in [-0.1, -0.05) is 50.1 Å². The van der Waals surface area contributed by atoms with Gasteiger partial charge in [-0.25, -0.2) is 0 Å². The fourth-order valence-corrected chi connectivity index (χ4v) is 2.27. The first-order valence-corrected chi connectivity index (χ1v) is 6.75. The van der Waals surface area contributed by atoms with Crippen molar-refractivity contribution in [2.75, 3.05) is 0 Å². The Kier molecular flexibility index (Phi) is 7.19. The third-order valence-electron chi connectivity index (χ3n) is 3.02. The predicted molar refractivity (Wildman–Crippen MR) is 78.1 cm³/mol. The lowest BCUT2D eigenvalue weighted by Gasteiger charge is -2.05. The summed E-state index contributed by atoms with van der Waals surface area (Å²) in [4.78, 5) is 11.1. The van der Waals surface area contributed by atoms with Crippen LogP contribution in [-0.4, -0.2) is 11.8 Å². The zero-order chi connectivity index (χ0) is 13.2. The van der Waals surface area contributed by atoms with Gasteiger partial charge in [0.2, 0.25) is 0 Å². The summed E-state index contributed by atoms with van der Waals surface area (Å²) in [6, 6.07) is 7.78. The zero-order valence-electron chi connectivity index (χ0n) is 10.6. The summed E-state index contributed by atoms with van der Waals surface area (Å²) in [7, 11) is 0. The zero-order valence-corrected chi connectivity index (χ0v) is 11.4. The maximum Gasteiger partial charge on any atom is 0.106 e. The second-order valence-electron chi connectivity index (χ2n) is 4.33. The molecular formula is C15H20ClNO. The second-order valence-corrected chi connectivity index (χ2v) is 4.77. The highest BCUT2D eigenvalue weighted by Crippen LogP contribution is 2.17. The summed E-state index contributed by atoms with van der Waals surface area (Å²) < 4.78 is 0. The van der Waals surface area contributed by atoms with Crippen LogP contribution < -0.4 is 0 Å². The van der Waals surface area contributed by atoms with Crippen molar-refractivity contribution in [1.82, 2.24) is 4.98 Å². The first-order chi connectivity index (χ1) is 8.86. The molecule has 1 saturated carbocycles. The molecule has 1 aromatic carbocycles. The third kappa shape index (κ3) is 4.92. The number of aromatic amines is 1. The van der Waals surface area contributed by atoms with Gasteiger partial charge in [0.15, 0.2) is 0 Å². The fraction of sp³-hybridized carbons (Fsp3) is 0.400. The van der Waals surface area contributed by atoms with E-state index in [1.165, 1.54) is 38.5 Å². The number of benzene rings is 1. The minimum atomic E-state index is 0.784. The minimum Gasteiger partial charge on any atom is -0.361 e. The van der Waals surface area contributed by atoms with Gasteiger partial charge in [0.25, 0.3) is 0 Å². The fourth-order valence-electron chi connectivity index (χ4n) is 2.08. The van der Waals surface area contributed by atoms with Crippen molar-refractivity contribution < 1.29 is 4.79 Å². The average Bonchev–Trinajstić information content (AvgIpc) is 2.91. The number of carbonyl (C=O) groups is 1. The summed E-state index contributed by atoms with van der Waals surface area (Å²) >= 11 is 5.76. The minimum absolute atomic E-state index is 0.784. The van der Waals surface area contributed by atoms with E-state index in [1.807, 2.05) is 37.3 Å². The van der Waals surface area contributed by atoms with E-state index in [2.05, 4.69) is 4.98 Å². The molecule has 1 fully saturated rings. The van der Waals surface area contributed by atoms with E-state index < -0.39 is 0 Å². The Labute approximate surface area is 113 Å². The van der Waals surface area contributed by atoms with Gasteiger partial charge in [0.05, 0.1) is 0 Å². The van der Waals surface area contributed by atoms with Crippen LogP contribution in [-0.2, 0) is 4.79 Å². The van der Waals surface area contributed by atoms with E-state index in [4.69, 9.17) is 16.4 Å². The molecule has 2 aromatic rings. The molecule has 18 heavy (non-hydrogen) atoms. The quantitative estimate of drug-likeness (QED) is 0.716. The predicted octanol–water partition coefficient (Wildman–Crippen LogP) is 4.98. The Hall–Kier alpha value is -1.28. The van der Waals surface area contributed by atoms with E-state index in [9.17, 15) is 0 Å². The standard InChI is InChI=1S/C8H6ClN.C6H12.CH2O/c9-7-1-2-8-6(5-7)3-4-10-8;1-2-4-6-5-3-1;1-2/h1-5,10H;1-6H2;1H2. The highest BCUT2D eigenvalue weighted by atomic mass is 35.5. The van der Waals surface area contributed by atoms with E-state index in [0.29, 0.717) is 0 Å². The summed E-state index contributed by atoms with van der Waals surface area (Å²) in [5.41, 5.74) is 1.13. The lowest BCUT2D eigenvalue weighted by atomic mass is 10.0. The highest BCUT2D eigenvalue weighted by Gasteiger charge is 1.95. The number of hydrogen-bond donors (Lipinski definition) is 1. The molecule has 1 aromatic heterocycles. The number of hydrogen-bond acceptors (Lipinski definition) is 1. The van der Waals surface area contributed by atoms with Gasteiger partial charge in [-0.15, -0.1) is 0 Å². The van der Waals surface area contributed by atoms with Crippen LogP contribution in [0.25, 0.3) is 10.9 Å². The molecule has 0 saturated heterocycles. The Morgan fingerprint density at radius 2 is 1.50 bits per heavy atom. The van der Waals surface area contributed by atoms with Crippen LogP contribution in [0.15, 0.2) is 30.5 Å². The van der Waals surface area contributed by atoms with Crippen molar-refractivity contribution in [3.05, 3.63) is 35.5 Å². The van der Waals surface area contributed by atoms with Gasteiger partial charge in [-0.2, -0.15) is 0 Å². The van der Waals surface area contributed by atoms with Crippen LogP contribution in [0.1, 0.15) is 38.5 Å². The number of aromatic nitrogens is 1. The third-order valence-corrected chi connectivity index (χ3v) is 3.25. The molecule has 0 bridgehead atoms. The van der Waals surface area contributed by atoms with Crippen LogP contribution in [0, 0.1) is 0 Å². The van der Waals surface area contributed by atoms with Crippen molar-refractivity contribution in [2.45, 2.75) is 38.5 Å². The largest absolute Gasteiger partial charge is 0.361 e. The van der Waals surface area contributed by atoms with Crippen LogP contribution in [0.4, 0.5) is 0 Å². The number of rotatable bonds is 0. The Balaban J connectivity index is 0.000000174. The van der Waals surface area contributed by atoms with Crippen molar-refractivity contribution >= 4 is 29.3 Å². The molecular weight excluding hydrogens is 246 g/mol. The summed E-state index contributed by atoms with van der Waals surface area (Å²) in [5, 5.41) is 1.94. The van der Waals surface area contributed by atoms with Crippen LogP contribution in [0.5, 0.6) is 0 Å². The number of carbonyl (C=O) groups excluding carboxylic acids is 1. The Morgan fingerprint density at radius 1 is 0.944 bits per heavy atom. The topological polar surface area (TPSA) is 32.9 Å². The van der Waals surface area contributed by atoms with Gasteiger partial charge in [0, 0.05) is 22.1 Å². The first kappa shape index (κ1) is 14.8. The van der Waals surface area contributed by atoms with Gasteiger partial charge < -0.3 is 9.78 Å². The number of halogens is 1. The number of nitrogens with one attached hydrogen (secondary N) is 1. The molecule has 3 heteroatoms. The summed E-state index contributed by atoms with van der Waals surface area (Å²) in [6.45, 7) is 2.00. The van der Waals surface area contributed by atoms with E-state index in [1.54, 1.807) is 0 Å². The summed E-state index contributed by atoms with van der Waals surface area (Å²) in [6.07, 6.45) is 10.9. The van der Waals surface area contributed by atoms with E-state index in [-0.39, 0.29) is 0 Å². The lowest BCUT2D eigenvalue weighted by molar-refractivity contribution is -0.0979. The molecule has 1 N–H and O–H groups in total. The van der Waals surface area contributed by atoms with Crippen LogP contribution in [0.2, 0.25) is 5.02 Å². The van der Waals surface area contributed by atoms with Gasteiger partial charge in [0.1, 0.15) is 6.79 Å². The molecule has 3 rings (SSSR count). The molecule has 0 unspecified atom stereocenters. The van der Waals surface area contributed by atoms with E-state index in [0.717, 1.165) is 15.9 Å². The Bertz CT molecular complexity index is 437. The molecule has 0 radical (unpaired) electrons. The van der Waals surface area contributed by atoms with Gasteiger partial charge >= 0.3 is 0 Å².